The number of anilines is 1. The van der Waals surface area contributed by atoms with Crippen molar-refractivity contribution in [3.8, 4) is 17.1 Å². The smallest absolute Gasteiger partial charge is 0.237 e. The SMILES string of the molecule is C[C@H]1Cc2ccccc2N1C(=O)CSc1nnc(-c2ccncc2)n1-c1ccc(Cl)cc1. The number of carbonyl (C=O) groups excluding carboxylic acids is 1. The monoisotopic (exact) mass is 461 g/mol. The molecule has 3 heterocycles. The average molecular weight is 462 g/mol. The summed E-state index contributed by atoms with van der Waals surface area (Å²) in [5.41, 5.74) is 3.98. The van der Waals surface area contributed by atoms with Crippen molar-refractivity contribution < 1.29 is 4.79 Å². The van der Waals surface area contributed by atoms with Crippen LogP contribution in [0.25, 0.3) is 17.1 Å². The molecule has 1 amide bonds. The molecule has 160 valence electrons. The van der Waals surface area contributed by atoms with Crippen LogP contribution in [0.15, 0.2) is 78.2 Å². The van der Waals surface area contributed by atoms with Gasteiger partial charge in [-0.05, 0) is 61.4 Å². The van der Waals surface area contributed by atoms with Crippen LogP contribution in [0.5, 0.6) is 0 Å². The summed E-state index contributed by atoms with van der Waals surface area (Å²) in [5.74, 6) is 1.01. The van der Waals surface area contributed by atoms with Gasteiger partial charge < -0.3 is 4.90 Å². The first-order valence-corrected chi connectivity index (χ1v) is 11.6. The van der Waals surface area contributed by atoms with Gasteiger partial charge in [-0.25, -0.2) is 0 Å². The Labute approximate surface area is 195 Å². The fourth-order valence-electron chi connectivity index (χ4n) is 4.02. The third-order valence-electron chi connectivity index (χ3n) is 5.46. The Hall–Kier alpha value is -3.16. The number of amides is 1. The van der Waals surface area contributed by atoms with Gasteiger partial charge >= 0.3 is 0 Å². The molecule has 6 nitrogen and oxygen atoms in total. The van der Waals surface area contributed by atoms with Crippen LogP contribution in [0.2, 0.25) is 5.02 Å². The normalized spacial score (nSPS) is 15.1. The van der Waals surface area contributed by atoms with Crippen molar-refractivity contribution in [2.45, 2.75) is 24.5 Å². The number of carbonyl (C=O) groups is 1. The number of aromatic nitrogens is 4. The highest BCUT2D eigenvalue weighted by molar-refractivity contribution is 7.99. The molecule has 0 saturated heterocycles. The minimum absolute atomic E-state index is 0.0589. The number of fused-ring (bicyclic) bond motifs is 1. The number of rotatable bonds is 5. The number of para-hydroxylation sites is 1. The van der Waals surface area contributed by atoms with E-state index >= 15 is 0 Å². The zero-order chi connectivity index (χ0) is 22.1. The second-order valence-corrected chi connectivity index (χ2v) is 8.97. The summed E-state index contributed by atoms with van der Waals surface area (Å²) in [5, 5.41) is 10.1. The molecule has 32 heavy (non-hydrogen) atoms. The van der Waals surface area contributed by atoms with Crippen LogP contribution in [-0.4, -0.2) is 37.5 Å². The maximum atomic E-state index is 13.2. The number of benzene rings is 2. The van der Waals surface area contributed by atoms with Gasteiger partial charge in [-0.15, -0.1) is 10.2 Å². The van der Waals surface area contributed by atoms with Crippen molar-refractivity contribution in [3.05, 3.63) is 83.6 Å². The van der Waals surface area contributed by atoms with Crippen LogP contribution in [0, 0.1) is 0 Å². The lowest BCUT2D eigenvalue weighted by molar-refractivity contribution is -0.116. The van der Waals surface area contributed by atoms with Gasteiger partial charge in [0.2, 0.25) is 5.91 Å². The molecule has 0 bridgehead atoms. The highest BCUT2D eigenvalue weighted by Crippen LogP contribution is 2.33. The lowest BCUT2D eigenvalue weighted by atomic mass is 10.1. The lowest BCUT2D eigenvalue weighted by Gasteiger charge is -2.22. The van der Waals surface area contributed by atoms with E-state index in [0.29, 0.717) is 16.0 Å². The van der Waals surface area contributed by atoms with E-state index in [1.54, 1.807) is 12.4 Å². The van der Waals surface area contributed by atoms with E-state index in [-0.39, 0.29) is 17.7 Å². The largest absolute Gasteiger partial charge is 0.308 e. The Balaban J connectivity index is 1.45. The van der Waals surface area contributed by atoms with E-state index in [0.717, 1.165) is 23.4 Å². The highest BCUT2D eigenvalue weighted by Gasteiger charge is 2.30. The molecule has 0 saturated carbocycles. The van der Waals surface area contributed by atoms with Crippen LogP contribution in [0.4, 0.5) is 5.69 Å². The molecule has 4 aromatic rings. The van der Waals surface area contributed by atoms with Gasteiger partial charge in [-0.1, -0.05) is 41.6 Å². The number of thioether (sulfide) groups is 1. The van der Waals surface area contributed by atoms with Gasteiger partial charge in [-0.2, -0.15) is 0 Å². The van der Waals surface area contributed by atoms with E-state index in [1.807, 2.05) is 64.1 Å². The number of hydrogen-bond acceptors (Lipinski definition) is 5. The van der Waals surface area contributed by atoms with Gasteiger partial charge in [0.05, 0.1) is 5.75 Å². The topological polar surface area (TPSA) is 63.9 Å². The van der Waals surface area contributed by atoms with Crippen LogP contribution in [-0.2, 0) is 11.2 Å². The van der Waals surface area contributed by atoms with E-state index in [2.05, 4.69) is 28.2 Å². The molecule has 5 rings (SSSR count). The maximum absolute atomic E-state index is 13.2. The molecule has 0 aliphatic carbocycles. The Bertz CT molecular complexity index is 1260. The predicted molar refractivity (Wildman–Crippen MR) is 127 cm³/mol. The van der Waals surface area contributed by atoms with E-state index < -0.39 is 0 Å². The molecule has 8 heteroatoms. The standard InChI is InChI=1S/C24H20ClN5OS/c1-16-14-18-4-2-3-5-21(18)29(16)22(31)15-32-24-28-27-23(17-10-12-26-13-11-17)30(24)20-8-6-19(25)7-9-20/h2-13,16H,14-15H2,1H3/t16-/m0/s1. The summed E-state index contributed by atoms with van der Waals surface area (Å²) in [6, 6.07) is 19.5. The molecular weight excluding hydrogens is 442 g/mol. The van der Waals surface area contributed by atoms with Crippen LogP contribution in [0.1, 0.15) is 12.5 Å². The number of hydrogen-bond donors (Lipinski definition) is 0. The van der Waals surface area contributed by atoms with Gasteiger partial charge in [0, 0.05) is 40.4 Å². The van der Waals surface area contributed by atoms with Gasteiger partial charge in [0.1, 0.15) is 0 Å². The third-order valence-corrected chi connectivity index (χ3v) is 6.62. The Morgan fingerprint density at radius 3 is 2.59 bits per heavy atom. The first-order chi connectivity index (χ1) is 15.6. The second kappa shape index (κ2) is 8.76. The maximum Gasteiger partial charge on any atom is 0.237 e. The average Bonchev–Trinajstić information content (AvgIpc) is 3.39. The molecule has 1 aliphatic rings. The Morgan fingerprint density at radius 2 is 1.81 bits per heavy atom. The summed E-state index contributed by atoms with van der Waals surface area (Å²) in [7, 11) is 0. The first kappa shape index (κ1) is 20.7. The van der Waals surface area contributed by atoms with Crippen LogP contribution < -0.4 is 4.90 Å². The zero-order valence-corrected chi connectivity index (χ0v) is 18.9. The van der Waals surface area contributed by atoms with E-state index in [4.69, 9.17) is 11.6 Å². The van der Waals surface area contributed by atoms with Gasteiger partial charge in [0.25, 0.3) is 0 Å². The molecule has 2 aromatic carbocycles. The van der Waals surface area contributed by atoms with Crippen molar-refractivity contribution >= 4 is 35.0 Å². The minimum atomic E-state index is 0.0589. The van der Waals surface area contributed by atoms with Crippen molar-refractivity contribution in [2.75, 3.05) is 10.7 Å². The molecule has 0 spiro atoms. The van der Waals surface area contributed by atoms with Gasteiger partial charge in [0.15, 0.2) is 11.0 Å². The summed E-state index contributed by atoms with van der Waals surface area (Å²) in [4.78, 5) is 19.2. The fourth-order valence-corrected chi connectivity index (χ4v) is 4.95. The second-order valence-electron chi connectivity index (χ2n) is 7.59. The van der Waals surface area contributed by atoms with Crippen molar-refractivity contribution in [2.24, 2.45) is 0 Å². The number of pyridine rings is 1. The van der Waals surface area contributed by atoms with Crippen LogP contribution >= 0.6 is 23.4 Å². The molecular formula is C24H20ClN5OS. The molecule has 0 N–H and O–H groups in total. The molecule has 0 unspecified atom stereocenters. The summed E-state index contributed by atoms with van der Waals surface area (Å²) < 4.78 is 1.95. The van der Waals surface area contributed by atoms with E-state index in [9.17, 15) is 4.79 Å². The number of nitrogens with zero attached hydrogens (tertiary/aromatic N) is 5. The molecule has 0 fully saturated rings. The predicted octanol–water partition coefficient (Wildman–Crippen LogP) is 5.05. The van der Waals surface area contributed by atoms with Crippen molar-refractivity contribution in [1.29, 1.82) is 0 Å². The lowest BCUT2D eigenvalue weighted by Crippen LogP contribution is -2.37. The highest BCUT2D eigenvalue weighted by atomic mass is 35.5. The third kappa shape index (κ3) is 3.89. The molecule has 0 radical (unpaired) electrons. The first-order valence-electron chi connectivity index (χ1n) is 10.3. The summed E-state index contributed by atoms with van der Waals surface area (Å²) in [6.07, 6.45) is 4.32. The molecule has 1 atom stereocenters. The molecule has 1 aliphatic heterocycles. The van der Waals surface area contributed by atoms with Crippen molar-refractivity contribution in [3.63, 3.8) is 0 Å². The van der Waals surface area contributed by atoms with E-state index in [1.165, 1.54) is 17.3 Å². The van der Waals surface area contributed by atoms with Crippen molar-refractivity contribution in [1.82, 2.24) is 19.7 Å². The zero-order valence-electron chi connectivity index (χ0n) is 17.4. The van der Waals surface area contributed by atoms with Crippen LogP contribution in [0.3, 0.4) is 0 Å². The summed E-state index contributed by atoms with van der Waals surface area (Å²) in [6.45, 7) is 2.08. The fraction of sp³-hybridized carbons (Fsp3) is 0.167. The Kier molecular flexibility index (Phi) is 5.68. The van der Waals surface area contributed by atoms with Gasteiger partial charge in [-0.3, -0.25) is 14.3 Å². The quantitative estimate of drug-likeness (QED) is 0.389. The minimum Gasteiger partial charge on any atom is -0.308 e. The summed E-state index contributed by atoms with van der Waals surface area (Å²) >= 11 is 7.48. The molecule has 2 aromatic heterocycles. The number of halogens is 1. The Morgan fingerprint density at radius 1 is 1.06 bits per heavy atom.